The van der Waals surface area contributed by atoms with E-state index < -0.39 is 21.6 Å². The second-order valence-electron chi connectivity index (χ2n) is 2.23. The molecule has 6 heteroatoms. The zero-order valence-electron chi connectivity index (χ0n) is 5.65. The zero-order valence-corrected chi connectivity index (χ0v) is 6.47. The van der Waals surface area contributed by atoms with Crippen LogP contribution in [0.5, 0.6) is 0 Å². The highest BCUT2D eigenvalue weighted by Crippen LogP contribution is 2.00. The molecule has 0 unspecified atom stereocenters. The molecule has 0 aromatic carbocycles. The molecule has 0 bridgehead atoms. The van der Waals surface area contributed by atoms with Crippen LogP contribution >= 0.6 is 0 Å². The van der Waals surface area contributed by atoms with E-state index in [-0.39, 0.29) is 18.0 Å². The number of hydrogen-bond donors (Lipinski definition) is 1. The Kier molecular flexibility index (Phi) is 1.95. The maximum atomic E-state index is 10.8. The van der Waals surface area contributed by atoms with Gasteiger partial charge in [0, 0.05) is 0 Å². The van der Waals surface area contributed by atoms with Gasteiger partial charge in [0.15, 0.2) is 9.84 Å². The minimum atomic E-state index is -3.19. The molecule has 0 amide bonds. The predicted molar refractivity (Wildman–Crippen MR) is 38.6 cm³/mol. The lowest BCUT2D eigenvalue weighted by atomic mass is 10.4. The van der Waals surface area contributed by atoms with Crippen molar-refractivity contribution in [2.75, 3.05) is 18.1 Å². The van der Waals surface area contributed by atoms with E-state index in [1.165, 1.54) is 0 Å². The van der Waals surface area contributed by atoms with E-state index in [1.54, 1.807) is 0 Å². The fourth-order valence-electron chi connectivity index (χ4n) is 0.775. The van der Waals surface area contributed by atoms with Crippen molar-refractivity contribution in [1.82, 2.24) is 0 Å². The molecule has 0 fully saturated rings. The summed E-state index contributed by atoms with van der Waals surface area (Å²) in [4.78, 5) is 13.8. The van der Waals surface area contributed by atoms with Gasteiger partial charge in [-0.15, -0.1) is 0 Å². The average Bonchev–Trinajstić information content (AvgIpc) is 1.85. The zero-order chi connectivity index (χ0) is 8.48. The maximum absolute atomic E-state index is 10.8. The van der Waals surface area contributed by atoms with Gasteiger partial charge in [0.05, 0.1) is 18.1 Å². The summed E-state index contributed by atoms with van der Waals surface area (Å²) in [6.45, 7) is 0.0734. The number of aliphatic imine (C=N–C) groups is 1. The van der Waals surface area contributed by atoms with Gasteiger partial charge >= 0.3 is 5.97 Å². The fourth-order valence-corrected chi connectivity index (χ4v) is 1.92. The fraction of sp³-hybridized carbons (Fsp3) is 0.600. The molecule has 0 spiro atoms. The lowest BCUT2D eigenvalue weighted by Crippen LogP contribution is -2.31. The van der Waals surface area contributed by atoms with Crippen molar-refractivity contribution >= 4 is 21.5 Å². The van der Waals surface area contributed by atoms with Gasteiger partial charge in [0.2, 0.25) is 0 Å². The standard InChI is InChI=1S/C5H7NO4S/c7-5(8)4-3-11(9,10)2-1-6-4/h1-3H2,(H,7,8). The molecule has 1 heterocycles. The van der Waals surface area contributed by atoms with Crippen molar-refractivity contribution in [2.45, 2.75) is 0 Å². The molecule has 0 aromatic rings. The van der Waals surface area contributed by atoms with Crippen molar-refractivity contribution in [1.29, 1.82) is 0 Å². The molecule has 0 aliphatic carbocycles. The molecule has 1 aliphatic heterocycles. The molecule has 62 valence electrons. The summed E-state index contributed by atoms with van der Waals surface area (Å²) in [7, 11) is -3.19. The Labute approximate surface area is 63.7 Å². The monoisotopic (exact) mass is 177 g/mol. The molecular weight excluding hydrogens is 170 g/mol. The van der Waals surface area contributed by atoms with Crippen LogP contribution in [0.25, 0.3) is 0 Å². The van der Waals surface area contributed by atoms with Gasteiger partial charge in [-0.05, 0) is 0 Å². The maximum Gasteiger partial charge on any atom is 0.350 e. The van der Waals surface area contributed by atoms with Crippen molar-refractivity contribution in [3.63, 3.8) is 0 Å². The van der Waals surface area contributed by atoms with Gasteiger partial charge in [0.1, 0.15) is 5.71 Å². The molecule has 1 N–H and O–H groups in total. The molecule has 1 rings (SSSR count). The third kappa shape index (κ3) is 2.01. The van der Waals surface area contributed by atoms with Crippen LogP contribution in [-0.4, -0.2) is 43.3 Å². The smallest absolute Gasteiger partial charge is 0.350 e. The summed E-state index contributed by atoms with van der Waals surface area (Å²) in [6.07, 6.45) is 0. The third-order valence-electron chi connectivity index (χ3n) is 1.31. The van der Waals surface area contributed by atoms with E-state index in [9.17, 15) is 13.2 Å². The Morgan fingerprint density at radius 2 is 2.18 bits per heavy atom. The highest BCUT2D eigenvalue weighted by atomic mass is 32.2. The van der Waals surface area contributed by atoms with Crippen LogP contribution in [-0.2, 0) is 14.6 Å². The van der Waals surface area contributed by atoms with E-state index in [4.69, 9.17) is 5.11 Å². The molecule has 0 aromatic heterocycles. The first-order valence-electron chi connectivity index (χ1n) is 2.98. The van der Waals surface area contributed by atoms with Gasteiger partial charge in [-0.3, -0.25) is 4.99 Å². The van der Waals surface area contributed by atoms with Crippen LogP contribution in [0.3, 0.4) is 0 Å². The van der Waals surface area contributed by atoms with Crippen LogP contribution in [0.4, 0.5) is 0 Å². The van der Waals surface area contributed by atoms with Crippen molar-refractivity contribution in [2.24, 2.45) is 4.99 Å². The summed E-state index contributed by atoms with van der Waals surface area (Å²) in [5.41, 5.74) is -0.253. The minimum Gasteiger partial charge on any atom is -0.477 e. The Hall–Kier alpha value is -0.910. The first-order valence-corrected chi connectivity index (χ1v) is 4.80. The predicted octanol–water partition coefficient (Wildman–Crippen LogP) is -1.06. The van der Waals surface area contributed by atoms with Crippen molar-refractivity contribution < 1.29 is 18.3 Å². The summed E-state index contributed by atoms with van der Waals surface area (Å²) >= 11 is 0. The Morgan fingerprint density at radius 1 is 1.55 bits per heavy atom. The quantitative estimate of drug-likeness (QED) is 0.553. The number of carboxylic acid groups (broad SMARTS) is 1. The number of carbonyl (C=O) groups is 1. The van der Waals surface area contributed by atoms with E-state index in [0.717, 1.165) is 0 Å². The summed E-state index contributed by atoms with van der Waals surface area (Å²) in [6, 6.07) is 0. The van der Waals surface area contributed by atoms with Crippen molar-refractivity contribution in [3.8, 4) is 0 Å². The molecule has 0 radical (unpaired) electrons. The Bertz CT molecular complexity index is 302. The van der Waals surface area contributed by atoms with E-state index >= 15 is 0 Å². The molecule has 1 aliphatic rings. The minimum absolute atomic E-state index is 0.0379. The molecule has 0 atom stereocenters. The van der Waals surface area contributed by atoms with Crippen LogP contribution in [0.2, 0.25) is 0 Å². The first-order chi connectivity index (χ1) is 5.01. The lowest BCUT2D eigenvalue weighted by molar-refractivity contribution is -0.129. The second kappa shape index (κ2) is 2.61. The third-order valence-corrected chi connectivity index (χ3v) is 2.83. The number of rotatable bonds is 1. The van der Waals surface area contributed by atoms with Crippen LogP contribution < -0.4 is 0 Å². The van der Waals surface area contributed by atoms with Gasteiger partial charge < -0.3 is 5.11 Å². The number of aliphatic carboxylic acids is 1. The summed E-state index contributed by atoms with van der Waals surface area (Å²) in [5, 5.41) is 8.38. The highest BCUT2D eigenvalue weighted by molar-refractivity contribution is 7.92. The normalized spacial score (nSPS) is 22.4. The highest BCUT2D eigenvalue weighted by Gasteiger charge is 2.23. The van der Waals surface area contributed by atoms with E-state index in [2.05, 4.69) is 4.99 Å². The second-order valence-corrected chi connectivity index (χ2v) is 4.41. The number of hydrogen-bond acceptors (Lipinski definition) is 4. The molecule has 11 heavy (non-hydrogen) atoms. The summed E-state index contributed by atoms with van der Waals surface area (Å²) < 4.78 is 21.6. The van der Waals surface area contributed by atoms with Crippen LogP contribution in [0.15, 0.2) is 4.99 Å². The van der Waals surface area contributed by atoms with Gasteiger partial charge in [-0.25, -0.2) is 13.2 Å². The number of carboxylic acids is 1. The van der Waals surface area contributed by atoms with E-state index in [0.29, 0.717) is 0 Å². The topological polar surface area (TPSA) is 83.8 Å². The Morgan fingerprint density at radius 3 is 2.55 bits per heavy atom. The molecule has 0 saturated heterocycles. The van der Waals surface area contributed by atoms with Crippen LogP contribution in [0.1, 0.15) is 0 Å². The molecule has 5 nitrogen and oxygen atoms in total. The molecule has 0 saturated carbocycles. The van der Waals surface area contributed by atoms with Gasteiger partial charge in [-0.1, -0.05) is 0 Å². The van der Waals surface area contributed by atoms with E-state index in [1.807, 2.05) is 0 Å². The molecular formula is C5H7NO4S. The number of nitrogens with zero attached hydrogens (tertiary/aromatic N) is 1. The van der Waals surface area contributed by atoms with Gasteiger partial charge in [-0.2, -0.15) is 0 Å². The summed E-state index contributed by atoms with van der Waals surface area (Å²) in [5.74, 6) is -1.71. The number of sulfone groups is 1. The average molecular weight is 177 g/mol. The lowest BCUT2D eigenvalue weighted by Gasteiger charge is -2.08. The Balaban J connectivity index is 2.88. The van der Waals surface area contributed by atoms with Gasteiger partial charge in [0.25, 0.3) is 0 Å². The SMILES string of the molecule is O=C(O)C1=NCCS(=O)(=O)C1. The first kappa shape index (κ1) is 8.19. The largest absolute Gasteiger partial charge is 0.477 e. The van der Waals surface area contributed by atoms with Crippen LogP contribution in [0, 0.1) is 0 Å². The van der Waals surface area contributed by atoms with Crippen molar-refractivity contribution in [3.05, 3.63) is 0 Å².